The van der Waals surface area contributed by atoms with Gasteiger partial charge in [-0.15, -0.1) is 0 Å². The molecule has 2 aliphatic heterocycles. The van der Waals surface area contributed by atoms with Crippen molar-refractivity contribution in [2.45, 2.75) is 195 Å². The Morgan fingerprint density at radius 1 is 0.492 bits per heavy atom. The van der Waals surface area contributed by atoms with Crippen molar-refractivity contribution >= 4 is 57.2 Å². The molecule has 0 aromatic heterocycles. The maximum absolute atomic E-state index is 9.19. The second kappa shape index (κ2) is 13.0. The lowest BCUT2D eigenvalue weighted by atomic mass is 9.33. The van der Waals surface area contributed by atoms with E-state index in [4.69, 9.17) is 0 Å². The van der Waals surface area contributed by atoms with Gasteiger partial charge in [0.05, 0.1) is 0 Å². The van der Waals surface area contributed by atoms with Gasteiger partial charge in [-0.3, -0.25) is 0 Å². The van der Waals surface area contributed by atoms with Gasteiger partial charge in [0, 0.05) is 38.2 Å². The fourth-order valence-electron chi connectivity index (χ4n) is 13.7. The predicted molar refractivity (Wildman–Crippen MR) is 275 cm³/mol. The van der Waals surface area contributed by atoms with Gasteiger partial charge in [-0.2, -0.15) is 0 Å². The first-order valence-electron chi connectivity index (χ1n) is 25.7. The van der Waals surface area contributed by atoms with Gasteiger partial charge < -0.3 is 9.80 Å². The van der Waals surface area contributed by atoms with Crippen LogP contribution in [0.15, 0.2) is 66.7 Å². The Hall–Kier alpha value is -4.24. The van der Waals surface area contributed by atoms with E-state index >= 15 is 0 Å². The van der Waals surface area contributed by atoms with Gasteiger partial charge in [0.2, 0.25) is 0 Å². The van der Waals surface area contributed by atoms with Crippen LogP contribution in [-0.2, 0) is 37.9 Å². The fourth-order valence-corrected chi connectivity index (χ4v) is 13.7. The minimum Gasteiger partial charge on any atom is -0.311 e. The van der Waals surface area contributed by atoms with Crippen LogP contribution in [0.3, 0.4) is 0 Å². The molecule has 0 radical (unpaired) electrons. The smallest absolute Gasteiger partial charge is 0.252 e. The quantitative estimate of drug-likeness (QED) is 0.160. The highest BCUT2D eigenvalue weighted by Gasteiger charge is 2.50. The van der Waals surface area contributed by atoms with Crippen LogP contribution < -0.4 is 26.2 Å². The summed E-state index contributed by atoms with van der Waals surface area (Å²) in [7, 11) is 0. The lowest BCUT2D eigenvalue weighted by Gasteiger charge is -2.48. The van der Waals surface area contributed by atoms with Crippen molar-refractivity contribution in [3.05, 3.63) is 122 Å². The zero-order chi connectivity index (χ0) is 48.0. The molecule has 10 rings (SSSR count). The van der Waals surface area contributed by atoms with Gasteiger partial charge in [0.25, 0.3) is 6.71 Å². The van der Waals surface area contributed by atoms with Crippen molar-refractivity contribution in [1.29, 1.82) is 0 Å². The Kier molecular flexibility index (Phi) is 8.07. The van der Waals surface area contributed by atoms with Gasteiger partial charge in [0.1, 0.15) is 0 Å². The van der Waals surface area contributed by atoms with E-state index in [1.807, 2.05) is 0 Å². The molecule has 5 aliphatic rings. The van der Waals surface area contributed by atoms with Crippen LogP contribution in [0, 0.1) is 20.7 Å². The normalized spacial score (nSPS) is 22.1. The Morgan fingerprint density at radius 2 is 1.00 bits per heavy atom. The zero-order valence-corrected chi connectivity index (χ0v) is 41.9. The molecule has 0 saturated carbocycles. The number of aryl methyl sites for hydroxylation is 2. The van der Waals surface area contributed by atoms with Crippen LogP contribution in [0.25, 0.3) is 0 Å². The maximum atomic E-state index is 9.19. The lowest BCUT2D eigenvalue weighted by Crippen LogP contribution is -2.61. The maximum Gasteiger partial charge on any atom is 0.252 e. The highest BCUT2D eigenvalue weighted by atomic mass is 15.2. The van der Waals surface area contributed by atoms with E-state index in [1.165, 1.54) is 72.1 Å². The standard InChI is InChI=1S/C60H75BN2/c1-35-27-50-53-51(28-35)63(47-32-42-40(29-36(47)2)56(9,10)23-24-57(42,11)12)48-30-38(54(4,5)6)19-21-44(48)61(53)45-31-41-43(60(17,18)34-59(41,15)16)33-49(45)62(50)46-22-20-39-52(37(46)3)58(13,14)26-25-55(39,7)8/h19-22,27-33H,23-26,34H2,1-18H3/i1D3. The third kappa shape index (κ3) is 6.09. The van der Waals surface area contributed by atoms with E-state index in [-0.39, 0.29) is 44.6 Å². The van der Waals surface area contributed by atoms with E-state index in [0.717, 1.165) is 60.5 Å². The molecule has 5 aromatic rings. The predicted octanol–water partition coefficient (Wildman–Crippen LogP) is 14.6. The van der Waals surface area contributed by atoms with Crippen molar-refractivity contribution in [3.8, 4) is 0 Å². The Labute approximate surface area is 386 Å². The van der Waals surface area contributed by atoms with Crippen LogP contribution in [0.1, 0.15) is 196 Å². The molecule has 0 fully saturated rings. The van der Waals surface area contributed by atoms with Gasteiger partial charge in [-0.1, -0.05) is 134 Å². The minimum absolute atomic E-state index is 0.00922. The Bertz CT molecular complexity index is 2920. The van der Waals surface area contributed by atoms with Crippen molar-refractivity contribution in [3.63, 3.8) is 0 Å². The molecule has 0 bridgehead atoms. The number of nitrogens with zero attached hydrogens (tertiary/aromatic N) is 2. The SMILES string of the molecule is [2H]C([2H])([2H])c1cc2c3c(c1)N(c1ccc4c(c1C)C(C)(C)CCC4(C)C)c1cc4c(cc1B3c1ccc(C(C)(C)C)cc1N2c1cc2c(cc1C)C(C)(C)CCC2(C)C)C(C)(C)CC4(C)C. The summed E-state index contributed by atoms with van der Waals surface area (Å²) >= 11 is 0. The molecule has 5 aromatic carbocycles. The zero-order valence-electron chi connectivity index (χ0n) is 44.9. The third-order valence-electron chi connectivity index (χ3n) is 17.3. The second-order valence-corrected chi connectivity index (χ2v) is 25.8. The first-order valence-corrected chi connectivity index (χ1v) is 24.2. The molecule has 63 heavy (non-hydrogen) atoms. The highest BCUT2D eigenvalue weighted by molar-refractivity contribution is 7.00. The number of anilines is 6. The average Bonchev–Trinajstić information content (AvgIpc) is 3.38. The number of benzene rings is 5. The third-order valence-corrected chi connectivity index (χ3v) is 17.3. The van der Waals surface area contributed by atoms with E-state index < -0.39 is 6.85 Å². The molecule has 3 heteroatoms. The molecule has 0 saturated heterocycles. The second-order valence-electron chi connectivity index (χ2n) is 25.8. The van der Waals surface area contributed by atoms with Crippen LogP contribution in [0.5, 0.6) is 0 Å². The van der Waals surface area contributed by atoms with Crippen LogP contribution in [-0.4, -0.2) is 6.71 Å². The molecule has 0 amide bonds. The molecule has 3 aliphatic carbocycles. The summed E-state index contributed by atoms with van der Waals surface area (Å²) in [6, 6.07) is 26.2. The summed E-state index contributed by atoms with van der Waals surface area (Å²) in [6.45, 7) is 38.1. The summed E-state index contributed by atoms with van der Waals surface area (Å²) in [5.41, 5.74) is 23.0. The van der Waals surface area contributed by atoms with Gasteiger partial charge in [-0.05, 0) is 199 Å². The first kappa shape index (κ1) is 39.2. The molecule has 0 atom stereocenters. The molecule has 2 heterocycles. The first-order chi connectivity index (χ1) is 30.3. The van der Waals surface area contributed by atoms with Crippen molar-refractivity contribution in [2.75, 3.05) is 9.80 Å². The molecule has 0 spiro atoms. The van der Waals surface area contributed by atoms with E-state index in [9.17, 15) is 4.11 Å². The molecular weight excluding hydrogens is 759 g/mol. The lowest BCUT2D eigenvalue weighted by molar-refractivity contribution is 0.330. The van der Waals surface area contributed by atoms with Crippen molar-refractivity contribution in [2.24, 2.45) is 0 Å². The van der Waals surface area contributed by atoms with E-state index in [1.54, 1.807) is 0 Å². The Morgan fingerprint density at radius 3 is 1.60 bits per heavy atom. The number of hydrogen-bond donors (Lipinski definition) is 0. The minimum atomic E-state index is -2.34. The topological polar surface area (TPSA) is 6.48 Å². The van der Waals surface area contributed by atoms with Crippen LogP contribution >= 0.6 is 0 Å². The summed E-state index contributed by atoms with van der Waals surface area (Å²) in [5.74, 6) is 0. The number of fused-ring (bicyclic) bond motifs is 7. The van der Waals surface area contributed by atoms with Crippen LogP contribution in [0.2, 0.25) is 0 Å². The van der Waals surface area contributed by atoms with Gasteiger partial charge in [-0.25, -0.2) is 0 Å². The largest absolute Gasteiger partial charge is 0.311 e. The molecule has 328 valence electrons. The average molecular weight is 838 g/mol. The monoisotopic (exact) mass is 838 g/mol. The Balaban J connectivity index is 1.37. The number of rotatable bonds is 2. The summed E-state index contributed by atoms with van der Waals surface area (Å²) in [6.07, 6.45) is 5.59. The molecule has 0 unspecified atom stereocenters. The van der Waals surface area contributed by atoms with Crippen LogP contribution in [0.4, 0.5) is 34.1 Å². The summed E-state index contributed by atoms with van der Waals surface area (Å²) in [5, 5.41) is 0. The van der Waals surface area contributed by atoms with Gasteiger partial charge in [0.15, 0.2) is 0 Å². The van der Waals surface area contributed by atoms with Gasteiger partial charge >= 0.3 is 0 Å². The van der Waals surface area contributed by atoms with E-state index in [2.05, 4.69) is 194 Å². The van der Waals surface area contributed by atoms with Crippen molar-refractivity contribution in [1.82, 2.24) is 0 Å². The molecule has 2 nitrogen and oxygen atoms in total. The molecular formula is C60H75BN2. The van der Waals surface area contributed by atoms with E-state index in [0.29, 0.717) is 5.56 Å². The highest BCUT2D eigenvalue weighted by Crippen LogP contribution is 2.56. The summed E-state index contributed by atoms with van der Waals surface area (Å²) < 4.78 is 27.6. The number of hydrogen-bond acceptors (Lipinski definition) is 2. The fraction of sp³-hybridized carbons (Fsp3) is 0.500. The van der Waals surface area contributed by atoms with Crippen molar-refractivity contribution < 1.29 is 4.11 Å². The molecule has 0 N–H and O–H groups in total. The summed E-state index contributed by atoms with van der Waals surface area (Å²) in [4.78, 5) is 5.02.